The molecule has 4 atom stereocenters. The molecule has 1 aliphatic heterocycles. The van der Waals surface area contributed by atoms with Crippen LogP contribution in [0.15, 0.2) is 48.5 Å². The third kappa shape index (κ3) is 1.82. The highest BCUT2D eigenvalue weighted by Gasteiger charge is 2.62. The summed E-state index contributed by atoms with van der Waals surface area (Å²) >= 11 is 0. The van der Waals surface area contributed by atoms with Gasteiger partial charge in [-0.1, -0.05) is 49.4 Å². The summed E-state index contributed by atoms with van der Waals surface area (Å²) < 4.78 is 0. The van der Waals surface area contributed by atoms with Gasteiger partial charge in [0.1, 0.15) is 5.78 Å². The maximum absolute atomic E-state index is 13.3. The zero-order valence-corrected chi connectivity index (χ0v) is 14.5. The Kier molecular flexibility index (Phi) is 3.20. The van der Waals surface area contributed by atoms with Crippen molar-refractivity contribution in [3.63, 3.8) is 0 Å². The Bertz CT molecular complexity index is 963. The molecule has 0 spiro atoms. The normalized spacial score (nSPS) is 29.1. The number of benzene rings is 2. The standard InChI is InChI=1S/C22H19NO3/c1-2-12-7-3-6-10-16(12)23-21(25)19-15-11-17(24)18(20(19)22(23)26)14-9-5-4-8-13(14)15/h3-10,15,18-20H,2,11H2,1H3/t15-,18+,19-,20+/m1/s1. The number of hydrogen-bond donors (Lipinski definition) is 0. The molecule has 0 N–H and O–H groups in total. The SMILES string of the molecule is CCc1ccccc1N1C(=O)[C@@H]2[C@H](C1=O)[C@@H]1CC(=O)[C@@H]2c2ccccc21. The third-order valence-electron chi connectivity index (χ3n) is 6.30. The summed E-state index contributed by atoms with van der Waals surface area (Å²) in [7, 11) is 0. The van der Waals surface area contributed by atoms with Crippen LogP contribution in [-0.4, -0.2) is 17.6 Å². The molecule has 0 radical (unpaired) electrons. The van der Waals surface area contributed by atoms with Gasteiger partial charge in [0.25, 0.3) is 0 Å². The van der Waals surface area contributed by atoms with E-state index in [1.165, 1.54) is 4.90 Å². The van der Waals surface area contributed by atoms with Crippen LogP contribution >= 0.6 is 0 Å². The first kappa shape index (κ1) is 15.5. The summed E-state index contributed by atoms with van der Waals surface area (Å²) in [6.45, 7) is 2.01. The average molecular weight is 345 g/mol. The molecule has 130 valence electrons. The number of Topliss-reactive ketones (excluding diaryl/α,β-unsaturated/α-hetero) is 1. The van der Waals surface area contributed by atoms with Crippen LogP contribution in [0.4, 0.5) is 5.69 Å². The van der Waals surface area contributed by atoms with E-state index in [0.717, 1.165) is 23.1 Å². The number of nitrogens with zero attached hydrogens (tertiary/aromatic N) is 1. The van der Waals surface area contributed by atoms with E-state index >= 15 is 0 Å². The van der Waals surface area contributed by atoms with Crippen LogP contribution < -0.4 is 4.90 Å². The molecule has 2 aromatic carbocycles. The second-order valence-corrected chi connectivity index (χ2v) is 7.43. The number of aryl methyl sites for hydroxylation is 1. The molecule has 0 aromatic heterocycles. The molecule has 1 saturated heterocycles. The van der Waals surface area contributed by atoms with Gasteiger partial charge < -0.3 is 0 Å². The smallest absolute Gasteiger partial charge is 0.238 e. The van der Waals surface area contributed by atoms with Crippen molar-refractivity contribution < 1.29 is 14.4 Å². The van der Waals surface area contributed by atoms with Crippen LogP contribution in [0.1, 0.15) is 41.9 Å². The van der Waals surface area contributed by atoms with Gasteiger partial charge in [-0.15, -0.1) is 0 Å². The molecule has 6 rings (SSSR count). The quantitative estimate of drug-likeness (QED) is 0.786. The summed E-state index contributed by atoms with van der Waals surface area (Å²) in [5.41, 5.74) is 3.67. The Morgan fingerprint density at radius 2 is 1.54 bits per heavy atom. The minimum Gasteiger partial charge on any atom is -0.299 e. The Morgan fingerprint density at radius 1 is 0.885 bits per heavy atom. The Labute approximate surface area is 151 Å². The molecule has 2 amide bonds. The fourth-order valence-corrected chi connectivity index (χ4v) is 5.22. The summed E-state index contributed by atoms with van der Waals surface area (Å²) in [6.07, 6.45) is 1.11. The van der Waals surface area contributed by atoms with Gasteiger partial charge in [-0.3, -0.25) is 14.4 Å². The van der Waals surface area contributed by atoms with Crippen molar-refractivity contribution in [2.75, 3.05) is 4.90 Å². The van der Waals surface area contributed by atoms with E-state index in [4.69, 9.17) is 0 Å². The largest absolute Gasteiger partial charge is 0.299 e. The maximum Gasteiger partial charge on any atom is 0.238 e. The molecular weight excluding hydrogens is 326 g/mol. The van der Waals surface area contributed by atoms with Crippen LogP contribution in [0.3, 0.4) is 0 Å². The number of para-hydroxylation sites is 1. The van der Waals surface area contributed by atoms with Crippen molar-refractivity contribution in [2.24, 2.45) is 11.8 Å². The van der Waals surface area contributed by atoms with E-state index in [1.807, 2.05) is 55.5 Å². The highest BCUT2D eigenvalue weighted by molar-refractivity contribution is 6.25. The molecule has 4 heteroatoms. The van der Waals surface area contributed by atoms with Gasteiger partial charge in [-0.05, 0) is 29.2 Å². The fraction of sp³-hybridized carbons (Fsp3) is 0.318. The van der Waals surface area contributed by atoms with E-state index in [-0.39, 0.29) is 23.5 Å². The average Bonchev–Trinajstić information content (AvgIpc) is 2.93. The summed E-state index contributed by atoms with van der Waals surface area (Å²) in [4.78, 5) is 40.7. The number of rotatable bonds is 2. The summed E-state index contributed by atoms with van der Waals surface area (Å²) in [5.74, 6) is -1.86. The van der Waals surface area contributed by atoms with Gasteiger partial charge in [0.15, 0.2) is 0 Å². The van der Waals surface area contributed by atoms with Crippen molar-refractivity contribution in [2.45, 2.75) is 31.6 Å². The van der Waals surface area contributed by atoms with E-state index in [2.05, 4.69) is 0 Å². The lowest BCUT2D eigenvalue weighted by molar-refractivity contribution is -0.134. The molecule has 4 aliphatic rings. The van der Waals surface area contributed by atoms with Crippen molar-refractivity contribution in [3.8, 4) is 0 Å². The van der Waals surface area contributed by atoms with Crippen molar-refractivity contribution in [1.82, 2.24) is 0 Å². The molecular formula is C22H19NO3. The first-order valence-electron chi connectivity index (χ1n) is 9.20. The van der Waals surface area contributed by atoms with Crippen LogP contribution in [0.25, 0.3) is 0 Å². The Morgan fingerprint density at radius 3 is 2.31 bits per heavy atom. The van der Waals surface area contributed by atoms with Crippen LogP contribution in [0, 0.1) is 11.8 Å². The van der Waals surface area contributed by atoms with E-state index in [1.54, 1.807) is 0 Å². The fourth-order valence-electron chi connectivity index (χ4n) is 5.22. The second kappa shape index (κ2) is 5.37. The van der Waals surface area contributed by atoms with E-state index in [9.17, 15) is 14.4 Å². The van der Waals surface area contributed by atoms with Gasteiger partial charge in [0, 0.05) is 12.3 Å². The molecule has 4 nitrogen and oxygen atoms in total. The van der Waals surface area contributed by atoms with Gasteiger partial charge in [0.2, 0.25) is 11.8 Å². The highest BCUT2D eigenvalue weighted by atomic mass is 16.2. The monoisotopic (exact) mass is 345 g/mol. The lowest BCUT2D eigenvalue weighted by atomic mass is 9.56. The predicted molar refractivity (Wildman–Crippen MR) is 96.8 cm³/mol. The summed E-state index contributed by atoms with van der Waals surface area (Å²) in [5, 5.41) is 0. The lowest BCUT2D eigenvalue weighted by Crippen LogP contribution is -2.44. The number of carbonyl (C=O) groups is 3. The topological polar surface area (TPSA) is 54.5 Å². The summed E-state index contributed by atoms with van der Waals surface area (Å²) in [6, 6.07) is 15.4. The molecule has 0 unspecified atom stereocenters. The maximum atomic E-state index is 13.3. The van der Waals surface area contributed by atoms with Gasteiger partial charge >= 0.3 is 0 Å². The Hall–Kier alpha value is -2.75. The zero-order valence-electron chi connectivity index (χ0n) is 14.5. The van der Waals surface area contributed by atoms with Gasteiger partial charge in [-0.25, -0.2) is 4.90 Å². The molecule has 2 bridgehead atoms. The van der Waals surface area contributed by atoms with E-state index in [0.29, 0.717) is 12.1 Å². The van der Waals surface area contributed by atoms with Crippen molar-refractivity contribution in [3.05, 3.63) is 65.2 Å². The van der Waals surface area contributed by atoms with Crippen LogP contribution in [0.2, 0.25) is 0 Å². The minimum atomic E-state index is -0.548. The second-order valence-electron chi connectivity index (χ2n) is 7.43. The molecule has 2 fully saturated rings. The third-order valence-corrected chi connectivity index (χ3v) is 6.30. The zero-order chi connectivity index (χ0) is 18.0. The number of ketones is 1. The van der Waals surface area contributed by atoms with Crippen LogP contribution in [-0.2, 0) is 20.8 Å². The molecule has 3 aliphatic carbocycles. The number of anilines is 1. The van der Waals surface area contributed by atoms with Gasteiger partial charge in [-0.2, -0.15) is 0 Å². The van der Waals surface area contributed by atoms with Crippen LogP contribution in [0.5, 0.6) is 0 Å². The van der Waals surface area contributed by atoms with Gasteiger partial charge in [0.05, 0.1) is 23.4 Å². The number of fused-ring (bicyclic) bond motifs is 1. The first-order valence-corrected chi connectivity index (χ1v) is 9.20. The highest BCUT2D eigenvalue weighted by Crippen LogP contribution is 2.57. The van der Waals surface area contributed by atoms with E-state index < -0.39 is 17.8 Å². The lowest BCUT2D eigenvalue weighted by Gasteiger charge is -2.43. The van der Waals surface area contributed by atoms with Crippen molar-refractivity contribution in [1.29, 1.82) is 0 Å². The molecule has 26 heavy (non-hydrogen) atoms. The number of amides is 2. The van der Waals surface area contributed by atoms with Crippen molar-refractivity contribution >= 4 is 23.3 Å². The predicted octanol–water partition coefficient (Wildman–Crippen LogP) is 3.21. The number of hydrogen-bond acceptors (Lipinski definition) is 3. The number of carbonyl (C=O) groups excluding carboxylic acids is 3. The Balaban J connectivity index is 1.67. The molecule has 2 aromatic rings. The minimum absolute atomic E-state index is 0.0988. The molecule has 1 saturated carbocycles. The first-order chi connectivity index (χ1) is 12.6. The number of imide groups is 1. The molecule has 1 heterocycles.